The fourth-order valence-corrected chi connectivity index (χ4v) is 3.98. The number of hydrogen-bond acceptors (Lipinski definition) is 5. The largest absolute Gasteiger partial charge is 0.492 e. The minimum atomic E-state index is -3.45. The minimum Gasteiger partial charge on any atom is -0.492 e. The molecule has 0 spiro atoms. The highest BCUT2D eigenvalue weighted by molar-refractivity contribution is 8.00. The summed E-state index contributed by atoms with van der Waals surface area (Å²) >= 11 is 1.50. The molecular weight excluding hydrogens is 384 g/mol. The highest BCUT2D eigenvalue weighted by Crippen LogP contribution is 2.22. The van der Waals surface area contributed by atoms with Crippen LogP contribution in [0.25, 0.3) is 0 Å². The van der Waals surface area contributed by atoms with Gasteiger partial charge in [0, 0.05) is 19.0 Å². The van der Waals surface area contributed by atoms with Gasteiger partial charge < -0.3 is 10.1 Å². The summed E-state index contributed by atoms with van der Waals surface area (Å²) in [5.41, 5.74) is 0. The monoisotopic (exact) mass is 408 g/mol. The van der Waals surface area contributed by atoms with Crippen LogP contribution in [0.4, 0.5) is 0 Å². The number of hydrogen-bond donors (Lipinski definition) is 1. The maximum atomic E-state index is 12.1. The van der Waals surface area contributed by atoms with Crippen LogP contribution in [-0.4, -0.2) is 51.1 Å². The van der Waals surface area contributed by atoms with E-state index in [9.17, 15) is 13.2 Å². The van der Waals surface area contributed by atoms with Crippen LogP contribution < -0.4 is 10.1 Å². The molecule has 2 aromatic carbocycles. The van der Waals surface area contributed by atoms with Crippen LogP contribution in [0.5, 0.6) is 5.75 Å². The van der Waals surface area contributed by atoms with E-state index in [1.165, 1.54) is 38.0 Å². The van der Waals surface area contributed by atoms with E-state index in [0.29, 0.717) is 18.9 Å². The molecule has 146 valence electrons. The molecule has 1 atom stereocenters. The van der Waals surface area contributed by atoms with Gasteiger partial charge in [-0.05, 0) is 43.3 Å². The number of amides is 1. The molecule has 2 aromatic rings. The minimum absolute atomic E-state index is 0.0557. The molecule has 0 aliphatic rings. The lowest BCUT2D eigenvalue weighted by Gasteiger charge is -2.13. The number of thioether (sulfide) groups is 1. The van der Waals surface area contributed by atoms with E-state index in [0.717, 1.165) is 9.20 Å². The van der Waals surface area contributed by atoms with Crippen molar-refractivity contribution in [3.63, 3.8) is 0 Å². The van der Waals surface area contributed by atoms with Crippen molar-refractivity contribution in [3.05, 3.63) is 54.6 Å². The summed E-state index contributed by atoms with van der Waals surface area (Å²) in [5.74, 6) is 0.494. The Morgan fingerprint density at radius 1 is 1.11 bits per heavy atom. The molecule has 0 aliphatic carbocycles. The summed E-state index contributed by atoms with van der Waals surface area (Å²) in [4.78, 5) is 13.4. The van der Waals surface area contributed by atoms with Crippen molar-refractivity contribution in [2.75, 3.05) is 27.2 Å². The maximum Gasteiger partial charge on any atom is 0.242 e. The lowest BCUT2D eigenvalue weighted by Crippen LogP contribution is -2.33. The molecule has 0 aliphatic heterocycles. The van der Waals surface area contributed by atoms with E-state index in [4.69, 9.17) is 4.74 Å². The quantitative estimate of drug-likeness (QED) is 0.510. The molecule has 8 heteroatoms. The summed E-state index contributed by atoms with van der Waals surface area (Å²) in [6, 6.07) is 16.0. The van der Waals surface area contributed by atoms with Gasteiger partial charge in [0.2, 0.25) is 15.9 Å². The first-order chi connectivity index (χ1) is 12.8. The Hall–Kier alpha value is -2.03. The summed E-state index contributed by atoms with van der Waals surface area (Å²) in [5, 5.41) is 2.63. The molecule has 1 N–H and O–H groups in total. The summed E-state index contributed by atoms with van der Waals surface area (Å²) in [7, 11) is -0.476. The molecule has 0 aromatic heterocycles. The van der Waals surface area contributed by atoms with E-state index in [2.05, 4.69) is 5.32 Å². The molecule has 0 saturated carbocycles. The van der Waals surface area contributed by atoms with Gasteiger partial charge in [-0.1, -0.05) is 18.2 Å². The van der Waals surface area contributed by atoms with E-state index < -0.39 is 10.0 Å². The molecule has 1 amide bonds. The molecule has 0 saturated heterocycles. The Morgan fingerprint density at radius 3 is 2.33 bits per heavy atom. The Morgan fingerprint density at radius 2 is 1.74 bits per heavy atom. The SMILES string of the molecule is C[C@H](Sc1ccccc1)C(=O)NCCOc1ccc(S(=O)(=O)N(C)C)cc1. The Bertz CT molecular complexity index is 838. The third kappa shape index (κ3) is 6.27. The maximum absolute atomic E-state index is 12.1. The molecule has 0 heterocycles. The Balaban J connectivity index is 1.75. The predicted octanol–water partition coefficient (Wildman–Crippen LogP) is 2.61. The molecule has 0 unspecified atom stereocenters. The number of ether oxygens (including phenoxy) is 1. The predicted molar refractivity (Wildman–Crippen MR) is 108 cm³/mol. The zero-order valence-electron chi connectivity index (χ0n) is 15.6. The van der Waals surface area contributed by atoms with E-state index in [1.807, 2.05) is 37.3 Å². The van der Waals surface area contributed by atoms with E-state index >= 15 is 0 Å². The Kier molecular flexibility index (Phi) is 7.70. The van der Waals surface area contributed by atoms with Gasteiger partial charge in [0.25, 0.3) is 0 Å². The fourth-order valence-electron chi connectivity index (χ4n) is 2.16. The van der Waals surface area contributed by atoms with Crippen molar-refractivity contribution in [1.29, 1.82) is 0 Å². The van der Waals surface area contributed by atoms with E-state index in [-0.39, 0.29) is 16.1 Å². The second kappa shape index (κ2) is 9.77. The summed E-state index contributed by atoms with van der Waals surface area (Å²) < 4.78 is 30.7. The highest BCUT2D eigenvalue weighted by Gasteiger charge is 2.17. The Labute approximate surface area is 165 Å². The van der Waals surface area contributed by atoms with Crippen LogP contribution >= 0.6 is 11.8 Å². The topological polar surface area (TPSA) is 75.7 Å². The van der Waals surface area contributed by atoms with Gasteiger partial charge in [0.15, 0.2) is 0 Å². The summed E-state index contributed by atoms with van der Waals surface area (Å²) in [6.45, 7) is 2.53. The average molecular weight is 409 g/mol. The molecular formula is C19H24N2O4S2. The smallest absolute Gasteiger partial charge is 0.242 e. The average Bonchev–Trinajstić information content (AvgIpc) is 2.66. The number of carbonyl (C=O) groups excluding carboxylic acids is 1. The van der Waals surface area contributed by atoms with Crippen LogP contribution in [0.3, 0.4) is 0 Å². The zero-order valence-corrected chi connectivity index (χ0v) is 17.2. The van der Waals surface area contributed by atoms with Crippen LogP contribution in [0.2, 0.25) is 0 Å². The molecule has 2 rings (SSSR count). The van der Waals surface area contributed by atoms with Crippen molar-refractivity contribution < 1.29 is 17.9 Å². The highest BCUT2D eigenvalue weighted by atomic mass is 32.2. The van der Waals surface area contributed by atoms with Gasteiger partial charge in [0.1, 0.15) is 12.4 Å². The first-order valence-electron chi connectivity index (χ1n) is 8.45. The van der Waals surface area contributed by atoms with Gasteiger partial charge in [-0.2, -0.15) is 0 Å². The third-order valence-electron chi connectivity index (χ3n) is 3.70. The lowest BCUT2D eigenvalue weighted by molar-refractivity contribution is -0.120. The normalized spacial score (nSPS) is 12.6. The van der Waals surface area contributed by atoms with Crippen molar-refractivity contribution in [3.8, 4) is 5.75 Å². The molecule has 6 nitrogen and oxygen atoms in total. The summed E-state index contributed by atoms with van der Waals surface area (Å²) in [6.07, 6.45) is 0. The molecule has 0 radical (unpaired) electrons. The number of nitrogens with one attached hydrogen (secondary N) is 1. The fraction of sp³-hybridized carbons (Fsp3) is 0.316. The van der Waals surface area contributed by atoms with Gasteiger partial charge in [0.05, 0.1) is 16.7 Å². The van der Waals surface area contributed by atoms with Gasteiger partial charge in [-0.25, -0.2) is 12.7 Å². The number of rotatable bonds is 9. The first-order valence-corrected chi connectivity index (χ1v) is 10.8. The first kappa shape index (κ1) is 21.3. The van der Waals surface area contributed by atoms with Crippen molar-refractivity contribution in [2.24, 2.45) is 0 Å². The van der Waals surface area contributed by atoms with Crippen LogP contribution in [0, 0.1) is 0 Å². The van der Waals surface area contributed by atoms with Crippen molar-refractivity contribution >= 4 is 27.7 Å². The number of benzene rings is 2. The van der Waals surface area contributed by atoms with Gasteiger partial charge >= 0.3 is 0 Å². The second-order valence-electron chi connectivity index (χ2n) is 5.97. The number of sulfonamides is 1. The standard InChI is InChI=1S/C19H24N2O4S2/c1-15(26-17-7-5-4-6-8-17)19(22)20-13-14-25-16-9-11-18(12-10-16)27(23,24)21(2)3/h4-12,15H,13-14H2,1-3H3,(H,20,22)/t15-/m0/s1. The number of carbonyl (C=O) groups is 1. The zero-order chi connectivity index (χ0) is 19.9. The second-order valence-corrected chi connectivity index (χ2v) is 9.54. The lowest BCUT2D eigenvalue weighted by atomic mass is 10.3. The van der Waals surface area contributed by atoms with Crippen LogP contribution in [0.1, 0.15) is 6.92 Å². The molecule has 0 fully saturated rings. The van der Waals surface area contributed by atoms with Gasteiger partial charge in [-0.15, -0.1) is 11.8 Å². The third-order valence-corrected chi connectivity index (χ3v) is 6.64. The van der Waals surface area contributed by atoms with Gasteiger partial charge in [-0.3, -0.25) is 4.79 Å². The van der Waals surface area contributed by atoms with Crippen LogP contribution in [-0.2, 0) is 14.8 Å². The van der Waals surface area contributed by atoms with E-state index in [1.54, 1.807) is 12.1 Å². The number of nitrogens with zero attached hydrogens (tertiary/aromatic N) is 1. The van der Waals surface area contributed by atoms with Crippen LogP contribution in [0.15, 0.2) is 64.4 Å². The molecule has 27 heavy (non-hydrogen) atoms. The molecule has 0 bridgehead atoms. The van der Waals surface area contributed by atoms with Crippen molar-refractivity contribution in [1.82, 2.24) is 9.62 Å². The van der Waals surface area contributed by atoms with Crippen molar-refractivity contribution in [2.45, 2.75) is 22.0 Å².